The van der Waals surface area contributed by atoms with E-state index in [2.05, 4.69) is 68.7 Å². The molecule has 1 aliphatic heterocycles. The van der Waals surface area contributed by atoms with E-state index in [0.29, 0.717) is 0 Å². The van der Waals surface area contributed by atoms with E-state index < -0.39 is 10.0 Å². The molecule has 0 radical (unpaired) electrons. The molecule has 0 spiro atoms. The predicted octanol–water partition coefficient (Wildman–Crippen LogP) is 6.54. The Balaban J connectivity index is 2.59. The van der Waals surface area contributed by atoms with Gasteiger partial charge in [0.2, 0.25) is 0 Å². The third-order valence-electron chi connectivity index (χ3n) is 5.17. The minimum atomic E-state index is -0.442. The van der Waals surface area contributed by atoms with Gasteiger partial charge in [0.1, 0.15) is 0 Å². The van der Waals surface area contributed by atoms with Crippen molar-refractivity contribution in [2.24, 2.45) is 5.92 Å². The van der Waals surface area contributed by atoms with Crippen molar-refractivity contribution in [1.82, 2.24) is 0 Å². The second-order valence-corrected chi connectivity index (χ2v) is 15.4. The fourth-order valence-electron chi connectivity index (χ4n) is 3.05. The van der Waals surface area contributed by atoms with Gasteiger partial charge in [-0.1, -0.05) is 27.2 Å². The summed E-state index contributed by atoms with van der Waals surface area (Å²) < 4.78 is 0. The van der Waals surface area contributed by atoms with E-state index >= 15 is 0 Å². The van der Waals surface area contributed by atoms with Gasteiger partial charge in [-0.2, -0.15) is 47.9 Å². The quantitative estimate of drug-likeness (QED) is 0.436. The topological polar surface area (TPSA) is 0 Å². The zero-order valence-corrected chi connectivity index (χ0v) is 20.3. The molecule has 0 N–H and O–H groups in total. The van der Waals surface area contributed by atoms with Crippen LogP contribution in [0.5, 0.6) is 0 Å². The number of thiol groups is 1. The molecule has 24 heavy (non-hydrogen) atoms. The molecule has 1 heterocycles. The molecule has 0 saturated carbocycles. The Morgan fingerprint density at radius 2 is 1.88 bits per heavy atom. The highest BCUT2D eigenvalue weighted by molar-refractivity contribution is 8.34. The molecule has 0 nitrogen and oxygen atoms in total. The smallest absolute Gasteiger partial charge is 0.00163 e. The molecule has 0 aromatic carbocycles. The highest BCUT2D eigenvalue weighted by Gasteiger charge is 2.23. The van der Waals surface area contributed by atoms with Crippen LogP contribution in [0.4, 0.5) is 0 Å². The highest BCUT2D eigenvalue weighted by Crippen LogP contribution is 2.49. The molecule has 3 unspecified atom stereocenters. The van der Waals surface area contributed by atoms with Crippen LogP contribution >= 0.6 is 57.9 Å². The van der Waals surface area contributed by atoms with Crippen molar-refractivity contribution in [3.8, 4) is 0 Å². The first kappa shape index (κ1) is 23.8. The van der Waals surface area contributed by atoms with Crippen molar-refractivity contribution in [3.05, 3.63) is 0 Å². The minimum absolute atomic E-state index is 0.442. The number of hydrogen-bond acceptors (Lipinski definition) is 4. The Bertz CT molecular complexity index is 299. The SMILES string of the molecule is CCC1CCCSCCS(CCS)(CCSC(C)CC)CCSC1. The van der Waals surface area contributed by atoms with Crippen molar-refractivity contribution < 1.29 is 0 Å². The summed E-state index contributed by atoms with van der Waals surface area (Å²) in [5.41, 5.74) is 0. The van der Waals surface area contributed by atoms with E-state index in [0.717, 1.165) is 16.9 Å². The van der Waals surface area contributed by atoms with Gasteiger partial charge in [0.25, 0.3) is 0 Å². The van der Waals surface area contributed by atoms with Crippen LogP contribution in [0.15, 0.2) is 0 Å². The predicted molar refractivity (Wildman–Crippen MR) is 131 cm³/mol. The summed E-state index contributed by atoms with van der Waals surface area (Å²) in [6.07, 6.45) is 5.57. The number of thioether (sulfide) groups is 3. The van der Waals surface area contributed by atoms with E-state index in [1.807, 2.05) is 0 Å². The first-order chi connectivity index (χ1) is 11.7. The summed E-state index contributed by atoms with van der Waals surface area (Å²) in [6, 6.07) is 0. The molecule has 5 heteroatoms. The maximum absolute atomic E-state index is 4.64. The van der Waals surface area contributed by atoms with Crippen LogP contribution in [0.1, 0.15) is 46.5 Å². The van der Waals surface area contributed by atoms with Gasteiger partial charge < -0.3 is 0 Å². The minimum Gasteiger partial charge on any atom is -0.238 e. The Morgan fingerprint density at radius 1 is 1.12 bits per heavy atom. The summed E-state index contributed by atoms with van der Waals surface area (Å²) in [7, 11) is -0.442. The number of rotatable bonds is 8. The van der Waals surface area contributed by atoms with Gasteiger partial charge >= 0.3 is 0 Å². The first-order valence-electron chi connectivity index (χ1n) is 9.77. The molecule has 0 aromatic rings. The lowest BCUT2D eigenvalue weighted by atomic mass is 10.0. The van der Waals surface area contributed by atoms with Crippen LogP contribution in [-0.4, -0.2) is 62.8 Å². The van der Waals surface area contributed by atoms with Gasteiger partial charge in [0, 0.05) is 22.5 Å². The lowest BCUT2D eigenvalue weighted by molar-refractivity contribution is 0.520. The van der Waals surface area contributed by atoms with E-state index in [-0.39, 0.29) is 0 Å². The molecule has 0 amide bonds. The Hall–Kier alpha value is 1.75. The molecule has 1 rings (SSSR count). The summed E-state index contributed by atoms with van der Waals surface area (Å²) in [4.78, 5) is 0. The van der Waals surface area contributed by atoms with Crippen LogP contribution in [-0.2, 0) is 0 Å². The molecule has 3 atom stereocenters. The molecule has 146 valence electrons. The van der Waals surface area contributed by atoms with Gasteiger partial charge in [-0.05, 0) is 65.5 Å². The van der Waals surface area contributed by atoms with E-state index in [1.54, 1.807) is 0 Å². The number of hydrogen-bond donors (Lipinski definition) is 1. The van der Waals surface area contributed by atoms with Gasteiger partial charge in [0.05, 0.1) is 0 Å². The summed E-state index contributed by atoms with van der Waals surface area (Å²) in [5.74, 6) is 14.9. The summed E-state index contributed by atoms with van der Waals surface area (Å²) >= 11 is 11.3. The Morgan fingerprint density at radius 3 is 2.54 bits per heavy atom. The van der Waals surface area contributed by atoms with Crippen LogP contribution in [0.3, 0.4) is 0 Å². The fraction of sp³-hybridized carbons (Fsp3) is 1.00. The summed E-state index contributed by atoms with van der Waals surface area (Å²) in [6.45, 7) is 7.09. The largest absolute Gasteiger partial charge is 0.238 e. The normalized spacial score (nSPS) is 31.4. The molecule has 1 saturated heterocycles. The highest BCUT2D eigenvalue weighted by atomic mass is 32.3. The van der Waals surface area contributed by atoms with Crippen molar-refractivity contribution in [3.63, 3.8) is 0 Å². The third-order valence-corrected chi connectivity index (χ3v) is 14.4. The van der Waals surface area contributed by atoms with Crippen LogP contribution in [0.2, 0.25) is 0 Å². The van der Waals surface area contributed by atoms with E-state index in [4.69, 9.17) is 0 Å². The molecule has 0 aromatic heterocycles. The average Bonchev–Trinajstić information content (AvgIpc) is 2.58. The summed E-state index contributed by atoms with van der Waals surface area (Å²) in [5, 5.41) is 0.831. The van der Waals surface area contributed by atoms with Crippen LogP contribution < -0.4 is 0 Å². The van der Waals surface area contributed by atoms with E-state index in [9.17, 15) is 0 Å². The van der Waals surface area contributed by atoms with Crippen molar-refractivity contribution in [2.45, 2.75) is 51.7 Å². The second-order valence-electron chi connectivity index (χ2n) is 6.96. The fourth-order valence-corrected chi connectivity index (χ4v) is 13.5. The molecule has 0 bridgehead atoms. The van der Waals surface area contributed by atoms with Crippen molar-refractivity contribution in [2.75, 3.05) is 57.5 Å². The van der Waals surface area contributed by atoms with Gasteiger partial charge in [-0.15, -0.1) is 0 Å². The van der Waals surface area contributed by atoms with Gasteiger partial charge in [0.15, 0.2) is 0 Å². The monoisotopic (exact) mass is 428 g/mol. The van der Waals surface area contributed by atoms with Crippen LogP contribution in [0.25, 0.3) is 0 Å². The first-order valence-corrected chi connectivity index (χ1v) is 16.1. The lowest BCUT2D eigenvalue weighted by Crippen LogP contribution is -2.23. The Kier molecular flexibility index (Phi) is 14.6. The molecule has 0 aliphatic carbocycles. The maximum Gasteiger partial charge on any atom is 0.00163 e. The van der Waals surface area contributed by atoms with Crippen molar-refractivity contribution >= 4 is 57.9 Å². The second kappa shape index (κ2) is 14.8. The molecule has 1 fully saturated rings. The van der Waals surface area contributed by atoms with Gasteiger partial charge in [-0.25, -0.2) is 10.0 Å². The zero-order chi connectivity index (χ0) is 17.7. The van der Waals surface area contributed by atoms with Crippen LogP contribution in [0, 0.1) is 5.92 Å². The average molecular weight is 429 g/mol. The zero-order valence-electron chi connectivity index (χ0n) is 16.1. The van der Waals surface area contributed by atoms with E-state index in [1.165, 1.54) is 77.5 Å². The lowest BCUT2D eigenvalue weighted by Gasteiger charge is -2.41. The van der Waals surface area contributed by atoms with Crippen molar-refractivity contribution in [1.29, 1.82) is 0 Å². The van der Waals surface area contributed by atoms with Gasteiger partial charge in [-0.3, -0.25) is 0 Å². The molecular formula is C19H40S5. The molecule has 1 aliphatic rings. The molecular weight excluding hydrogens is 389 g/mol. The third kappa shape index (κ3) is 10.2. The maximum atomic E-state index is 4.64. The Labute approximate surface area is 172 Å². The standard InChI is InChI=1S/C19H40S5/c1-4-18(3)23-12-16-24(13-8-20)14-10-21-9-6-7-19(5-2)17-22-11-15-24/h18-20H,4-17H2,1-3H3.